The van der Waals surface area contributed by atoms with Gasteiger partial charge in [0, 0.05) is 23.2 Å². The van der Waals surface area contributed by atoms with E-state index in [2.05, 4.69) is 15.7 Å². The van der Waals surface area contributed by atoms with Crippen molar-refractivity contribution in [1.82, 2.24) is 15.1 Å². The summed E-state index contributed by atoms with van der Waals surface area (Å²) >= 11 is 1.39. The summed E-state index contributed by atoms with van der Waals surface area (Å²) in [6, 6.07) is 18.6. The van der Waals surface area contributed by atoms with Crippen LogP contribution in [0.5, 0.6) is 0 Å². The number of thiophene rings is 1. The van der Waals surface area contributed by atoms with Crippen molar-refractivity contribution in [2.45, 2.75) is 13.8 Å². The number of nitrogens with zero attached hydrogens (tertiary/aromatic N) is 2. The molecule has 2 aromatic heterocycles. The first-order valence-electron chi connectivity index (χ1n) is 9.31. The molecule has 4 aromatic rings. The minimum absolute atomic E-state index is 0.163. The second-order valence-electron chi connectivity index (χ2n) is 6.56. The van der Waals surface area contributed by atoms with E-state index in [1.54, 1.807) is 24.3 Å². The highest BCUT2D eigenvalue weighted by atomic mass is 32.1. The summed E-state index contributed by atoms with van der Waals surface area (Å²) in [5.41, 5.74) is 2.92. The van der Waals surface area contributed by atoms with E-state index in [9.17, 15) is 9.59 Å². The van der Waals surface area contributed by atoms with Gasteiger partial charge in [-0.15, -0.1) is 11.3 Å². The van der Waals surface area contributed by atoms with Crippen molar-refractivity contribution in [3.63, 3.8) is 0 Å². The van der Waals surface area contributed by atoms with Crippen LogP contribution in [-0.2, 0) is 0 Å². The van der Waals surface area contributed by atoms with E-state index in [0.717, 1.165) is 21.6 Å². The highest BCUT2D eigenvalue weighted by Crippen LogP contribution is 2.30. The van der Waals surface area contributed by atoms with E-state index in [4.69, 9.17) is 0 Å². The molecule has 146 valence electrons. The summed E-state index contributed by atoms with van der Waals surface area (Å²) in [7, 11) is 0. The Labute approximate surface area is 172 Å². The van der Waals surface area contributed by atoms with E-state index in [-0.39, 0.29) is 11.8 Å². The molecule has 0 unspecified atom stereocenters. The zero-order valence-electron chi connectivity index (χ0n) is 16.1. The third-order valence-electron chi connectivity index (χ3n) is 4.49. The molecule has 0 aliphatic rings. The molecule has 0 spiro atoms. The molecule has 0 radical (unpaired) electrons. The van der Waals surface area contributed by atoms with E-state index in [0.29, 0.717) is 22.7 Å². The van der Waals surface area contributed by atoms with E-state index >= 15 is 0 Å². The largest absolute Gasteiger partial charge is 0.352 e. The molecule has 7 heteroatoms. The molecule has 0 atom stereocenters. The Morgan fingerprint density at radius 1 is 1.03 bits per heavy atom. The van der Waals surface area contributed by atoms with Gasteiger partial charge in [-0.1, -0.05) is 24.3 Å². The predicted octanol–water partition coefficient (Wildman–Crippen LogP) is 4.40. The van der Waals surface area contributed by atoms with E-state index in [1.807, 2.05) is 54.9 Å². The lowest BCUT2D eigenvalue weighted by atomic mass is 10.2. The second-order valence-corrected chi connectivity index (χ2v) is 7.59. The lowest BCUT2D eigenvalue weighted by Crippen LogP contribution is -2.22. The summed E-state index contributed by atoms with van der Waals surface area (Å²) in [6.45, 7) is 4.35. The van der Waals surface area contributed by atoms with Crippen molar-refractivity contribution in [3.05, 3.63) is 76.8 Å². The molecule has 0 aliphatic carbocycles. The first-order chi connectivity index (χ1) is 14.1. The van der Waals surface area contributed by atoms with Gasteiger partial charge in [0.25, 0.3) is 11.8 Å². The smallest absolute Gasteiger partial charge is 0.265 e. The number of hydrogen-bond acceptors (Lipinski definition) is 4. The molecule has 2 N–H and O–H groups in total. The zero-order chi connectivity index (χ0) is 20.4. The summed E-state index contributed by atoms with van der Waals surface area (Å²) in [6.07, 6.45) is 0. The Balaban J connectivity index is 1.62. The first kappa shape index (κ1) is 18.9. The van der Waals surface area contributed by atoms with Gasteiger partial charge in [0.1, 0.15) is 4.83 Å². The Morgan fingerprint density at radius 3 is 2.59 bits per heavy atom. The molecule has 0 aliphatic heterocycles. The van der Waals surface area contributed by atoms with Crippen LogP contribution in [0.2, 0.25) is 0 Å². The van der Waals surface area contributed by atoms with Crippen molar-refractivity contribution in [1.29, 1.82) is 0 Å². The number of anilines is 1. The number of aryl methyl sites for hydroxylation is 1. The number of hydrogen-bond donors (Lipinski definition) is 2. The molecule has 2 amide bonds. The molecular formula is C22H20N4O2S. The first-order valence-corrected chi connectivity index (χ1v) is 10.1. The maximum absolute atomic E-state index is 12.8. The Morgan fingerprint density at radius 2 is 1.83 bits per heavy atom. The van der Waals surface area contributed by atoms with Gasteiger partial charge in [0.15, 0.2) is 0 Å². The SMILES string of the molecule is CCNC(=O)c1cccc(NC(=O)c2cc3c(C)nn(-c4ccccc4)c3s2)c1. The summed E-state index contributed by atoms with van der Waals surface area (Å²) < 4.78 is 1.86. The van der Waals surface area contributed by atoms with Crippen molar-refractivity contribution in [2.24, 2.45) is 0 Å². The fraction of sp³-hybridized carbons (Fsp3) is 0.136. The van der Waals surface area contributed by atoms with Crippen molar-refractivity contribution in [2.75, 3.05) is 11.9 Å². The maximum atomic E-state index is 12.8. The molecule has 2 heterocycles. The molecule has 2 aromatic carbocycles. The van der Waals surface area contributed by atoms with Gasteiger partial charge in [-0.3, -0.25) is 9.59 Å². The highest BCUT2D eigenvalue weighted by Gasteiger charge is 2.17. The number of carbonyl (C=O) groups excluding carboxylic acids is 2. The van der Waals surface area contributed by atoms with Crippen LogP contribution < -0.4 is 10.6 Å². The fourth-order valence-electron chi connectivity index (χ4n) is 3.10. The molecular weight excluding hydrogens is 384 g/mol. The predicted molar refractivity (Wildman–Crippen MR) is 116 cm³/mol. The Hall–Kier alpha value is -3.45. The Kier molecular flexibility index (Phi) is 5.14. The highest BCUT2D eigenvalue weighted by molar-refractivity contribution is 7.20. The quantitative estimate of drug-likeness (QED) is 0.518. The molecule has 29 heavy (non-hydrogen) atoms. The van der Waals surface area contributed by atoms with Crippen molar-refractivity contribution < 1.29 is 9.59 Å². The zero-order valence-corrected chi connectivity index (χ0v) is 16.9. The number of aromatic nitrogens is 2. The van der Waals surface area contributed by atoms with Crippen LogP contribution in [-0.4, -0.2) is 28.1 Å². The van der Waals surface area contributed by atoms with E-state index < -0.39 is 0 Å². The van der Waals surface area contributed by atoms with Crippen LogP contribution in [0.1, 0.15) is 32.6 Å². The topological polar surface area (TPSA) is 76.0 Å². The number of amides is 2. The van der Waals surface area contributed by atoms with Gasteiger partial charge in [-0.2, -0.15) is 5.10 Å². The standard InChI is InChI=1S/C22H20N4O2S/c1-3-23-20(27)15-8-7-9-16(12-15)24-21(28)19-13-18-14(2)25-26(22(18)29-19)17-10-5-4-6-11-17/h4-13H,3H2,1-2H3,(H,23,27)(H,24,28). The number of para-hydroxylation sites is 1. The molecule has 0 saturated carbocycles. The second kappa shape index (κ2) is 7.89. The lowest BCUT2D eigenvalue weighted by Gasteiger charge is -2.07. The van der Waals surface area contributed by atoms with Crippen molar-refractivity contribution >= 4 is 39.1 Å². The third kappa shape index (κ3) is 3.77. The van der Waals surface area contributed by atoms with Gasteiger partial charge in [-0.05, 0) is 50.2 Å². The third-order valence-corrected chi connectivity index (χ3v) is 5.60. The molecule has 0 saturated heterocycles. The van der Waals surface area contributed by atoms with Gasteiger partial charge < -0.3 is 10.6 Å². The number of nitrogens with one attached hydrogen (secondary N) is 2. The molecule has 0 fully saturated rings. The van der Waals surface area contributed by atoms with E-state index in [1.165, 1.54) is 11.3 Å². The van der Waals surface area contributed by atoms with Gasteiger partial charge in [-0.25, -0.2) is 4.68 Å². The summed E-state index contributed by atoms with van der Waals surface area (Å²) in [5, 5.41) is 11.2. The molecule has 4 rings (SSSR count). The van der Waals surface area contributed by atoms with Crippen LogP contribution in [0, 0.1) is 6.92 Å². The van der Waals surface area contributed by atoms with Crippen LogP contribution >= 0.6 is 11.3 Å². The minimum atomic E-state index is -0.210. The van der Waals surface area contributed by atoms with Crippen LogP contribution in [0.4, 0.5) is 5.69 Å². The fourth-order valence-corrected chi connectivity index (χ4v) is 4.17. The number of carbonyl (C=O) groups is 2. The van der Waals surface area contributed by atoms with Gasteiger partial charge in [0.05, 0.1) is 16.3 Å². The van der Waals surface area contributed by atoms with Crippen LogP contribution in [0.3, 0.4) is 0 Å². The normalized spacial score (nSPS) is 10.8. The van der Waals surface area contributed by atoms with Crippen LogP contribution in [0.25, 0.3) is 15.9 Å². The number of fused-ring (bicyclic) bond motifs is 1. The molecule has 6 nitrogen and oxygen atoms in total. The lowest BCUT2D eigenvalue weighted by molar-refractivity contribution is 0.0954. The van der Waals surface area contributed by atoms with Crippen LogP contribution in [0.15, 0.2) is 60.7 Å². The molecule has 0 bridgehead atoms. The van der Waals surface area contributed by atoms with Gasteiger partial charge >= 0.3 is 0 Å². The van der Waals surface area contributed by atoms with Crippen molar-refractivity contribution in [3.8, 4) is 5.69 Å². The average molecular weight is 404 g/mol. The summed E-state index contributed by atoms with van der Waals surface area (Å²) in [4.78, 5) is 26.3. The summed E-state index contributed by atoms with van der Waals surface area (Å²) in [5.74, 6) is -0.373. The average Bonchev–Trinajstić information content (AvgIpc) is 3.30. The maximum Gasteiger partial charge on any atom is 0.265 e. The van der Waals surface area contributed by atoms with Gasteiger partial charge in [0.2, 0.25) is 0 Å². The number of rotatable bonds is 5. The minimum Gasteiger partial charge on any atom is -0.352 e. The Bertz CT molecular complexity index is 1190. The number of benzene rings is 2. The monoisotopic (exact) mass is 404 g/mol.